The molecule has 0 bridgehead atoms. The predicted octanol–water partition coefficient (Wildman–Crippen LogP) is 3.04. The van der Waals surface area contributed by atoms with E-state index < -0.39 is 29.5 Å². The number of anilines is 1. The number of halogens is 2. The lowest BCUT2D eigenvalue weighted by atomic mass is 10.2. The molecule has 4 aromatic rings. The minimum Gasteiger partial charge on any atom is -0.322 e. The van der Waals surface area contributed by atoms with Gasteiger partial charge in [-0.2, -0.15) is 0 Å². The number of aromatic nitrogens is 3. The van der Waals surface area contributed by atoms with E-state index in [-0.39, 0.29) is 28.3 Å². The Morgan fingerprint density at radius 3 is 2.55 bits per heavy atom. The number of amides is 1. The van der Waals surface area contributed by atoms with Crippen LogP contribution in [-0.4, -0.2) is 20.0 Å². The van der Waals surface area contributed by atoms with Crippen LogP contribution in [0, 0.1) is 5.82 Å². The van der Waals surface area contributed by atoms with E-state index >= 15 is 0 Å². The molecule has 1 N–H and O–H groups in total. The monoisotopic (exact) mass is 438 g/mol. The van der Waals surface area contributed by atoms with Gasteiger partial charge >= 0.3 is 5.69 Å². The molecule has 2 heterocycles. The van der Waals surface area contributed by atoms with Gasteiger partial charge in [0.2, 0.25) is 5.91 Å². The molecule has 31 heavy (non-hydrogen) atoms. The summed E-state index contributed by atoms with van der Waals surface area (Å²) in [6.07, 6.45) is 1.43. The molecule has 0 radical (unpaired) electrons. The quantitative estimate of drug-likeness (QED) is 0.519. The van der Waals surface area contributed by atoms with Crippen molar-refractivity contribution in [2.45, 2.75) is 13.1 Å². The van der Waals surface area contributed by atoms with Gasteiger partial charge in [0.15, 0.2) is 0 Å². The summed E-state index contributed by atoms with van der Waals surface area (Å²) in [5.74, 6) is -1.36. The number of fused-ring (bicyclic) bond motifs is 1. The summed E-state index contributed by atoms with van der Waals surface area (Å²) in [4.78, 5) is 42.7. The van der Waals surface area contributed by atoms with Gasteiger partial charge in [-0.25, -0.2) is 14.2 Å². The molecule has 4 rings (SSSR count). The van der Waals surface area contributed by atoms with Crippen molar-refractivity contribution in [2.75, 3.05) is 5.32 Å². The fourth-order valence-electron chi connectivity index (χ4n) is 3.22. The molecule has 2 aromatic carbocycles. The van der Waals surface area contributed by atoms with Crippen LogP contribution < -0.4 is 16.6 Å². The van der Waals surface area contributed by atoms with E-state index in [2.05, 4.69) is 10.3 Å². The standard InChI is InChI=1S/C22H16ClFN4O3/c23-15-8-9-18(17(24)11-15)26-19(29)13-27-20-16(7-4-10-25-20)21(30)28(22(27)31)12-14-5-2-1-3-6-14/h1-11H,12-13H2,(H,26,29). The molecule has 0 unspecified atom stereocenters. The number of hydrogen-bond acceptors (Lipinski definition) is 4. The number of nitrogens with one attached hydrogen (secondary N) is 1. The molecule has 0 aliphatic carbocycles. The zero-order valence-electron chi connectivity index (χ0n) is 16.1. The molecule has 9 heteroatoms. The summed E-state index contributed by atoms with van der Waals surface area (Å²) in [7, 11) is 0. The molecule has 7 nitrogen and oxygen atoms in total. The highest BCUT2D eigenvalue weighted by Gasteiger charge is 2.17. The SMILES string of the molecule is O=C(Cn1c(=O)n(Cc2ccccc2)c(=O)c2cccnc21)Nc1ccc(Cl)cc1F. The maximum Gasteiger partial charge on any atom is 0.333 e. The Bertz CT molecular complexity index is 1400. The van der Waals surface area contributed by atoms with Crippen molar-refractivity contribution in [1.29, 1.82) is 0 Å². The fourth-order valence-corrected chi connectivity index (χ4v) is 3.38. The summed E-state index contributed by atoms with van der Waals surface area (Å²) in [5.41, 5.74) is -0.431. The zero-order valence-corrected chi connectivity index (χ0v) is 16.8. The van der Waals surface area contributed by atoms with Gasteiger partial charge in [-0.1, -0.05) is 41.9 Å². The van der Waals surface area contributed by atoms with Crippen LogP contribution in [0.5, 0.6) is 0 Å². The van der Waals surface area contributed by atoms with Crippen LogP contribution in [0.4, 0.5) is 10.1 Å². The van der Waals surface area contributed by atoms with Crippen molar-refractivity contribution in [2.24, 2.45) is 0 Å². The molecule has 2 aromatic heterocycles. The molecule has 1 amide bonds. The highest BCUT2D eigenvalue weighted by molar-refractivity contribution is 6.30. The van der Waals surface area contributed by atoms with E-state index in [0.717, 1.165) is 20.8 Å². The van der Waals surface area contributed by atoms with Gasteiger partial charge in [-0.05, 0) is 35.9 Å². The third-order valence-corrected chi connectivity index (χ3v) is 4.91. The molecule has 0 fully saturated rings. The Labute approximate surface area is 180 Å². The number of hydrogen-bond donors (Lipinski definition) is 1. The Morgan fingerprint density at radius 2 is 1.81 bits per heavy atom. The molecule has 0 atom stereocenters. The average molecular weight is 439 g/mol. The van der Waals surface area contributed by atoms with Gasteiger partial charge in [0.1, 0.15) is 18.0 Å². The first kappa shape index (κ1) is 20.5. The first-order valence-electron chi connectivity index (χ1n) is 9.31. The maximum absolute atomic E-state index is 14.0. The summed E-state index contributed by atoms with van der Waals surface area (Å²) < 4.78 is 16.2. The largest absolute Gasteiger partial charge is 0.333 e. The van der Waals surface area contributed by atoms with E-state index in [9.17, 15) is 18.8 Å². The molecular formula is C22H16ClFN4O3. The van der Waals surface area contributed by atoms with E-state index in [1.54, 1.807) is 36.4 Å². The van der Waals surface area contributed by atoms with E-state index in [1.807, 2.05) is 6.07 Å². The number of nitrogens with zero attached hydrogens (tertiary/aromatic N) is 3. The number of benzene rings is 2. The van der Waals surface area contributed by atoms with Gasteiger partial charge in [0.05, 0.1) is 17.6 Å². The molecule has 0 aliphatic rings. The number of pyridine rings is 1. The molecule has 0 saturated carbocycles. The van der Waals surface area contributed by atoms with Crippen molar-refractivity contribution in [1.82, 2.24) is 14.1 Å². The lowest BCUT2D eigenvalue weighted by molar-refractivity contribution is -0.116. The molecule has 0 spiro atoms. The summed E-state index contributed by atoms with van der Waals surface area (Å²) in [5, 5.41) is 2.80. The van der Waals surface area contributed by atoms with Gasteiger partial charge < -0.3 is 5.32 Å². The van der Waals surface area contributed by atoms with Gasteiger partial charge in [-0.15, -0.1) is 0 Å². The zero-order chi connectivity index (χ0) is 22.0. The second kappa shape index (κ2) is 8.53. The predicted molar refractivity (Wildman–Crippen MR) is 116 cm³/mol. The van der Waals surface area contributed by atoms with Crippen molar-refractivity contribution in [3.8, 4) is 0 Å². The normalized spacial score (nSPS) is 10.9. The topological polar surface area (TPSA) is 86.0 Å². The second-order valence-corrected chi connectivity index (χ2v) is 7.23. The van der Waals surface area contributed by atoms with E-state index in [0.29, 0.717) is 0 Å². The van der Waals surface area contributed by atoms with E-state index in [4.69, 9.17) is 11.6 Å². The van der Waals surface area contributed by atoms with E-state index in [1.165, 1.54) is 18.3 Å². The van der Waals surface area contributed by atoms with Crippen LogP contribution in [0.2, 0.25) is 5.02 Å². The Kier molecular flexibility index (Phi) is 5.64. The molecule has 156 valence electrons. The Hall–Kier alpha value is -3.78. The average Bonchev–Trinajstić information content (AvgIpc) is 2.77. The Morgan fingerprint density at radius 1 is 1.03 bits per heavy atom. The fraction of sp³-hybridized carbons (Fsp3) is 0.0909. The minimum atomic E-state index is -0.703. The van der Waals surface area contributed by atoms with Crippen LogP contribution in [-0.2, 0) is 17.9 Å². The third-order valence-electron chi connectivity index (χ3n) is 4.67. The van der Waals surface area contributed by atoms with Crippen molar-refractivity contribution in [3.05, 3.63) is 104 Å². The third kappa shape index (κ3) is 4.24. The van der Waals surface area contributed by atoms with Crippen LogP contribution in [0.25, 0.3) is 11.0 Å². The minimum absolute atomic E-state index is 0.0385. The van der Waals surface area contributed by atoms with Gasteiger partial charge in [0.25, 0.3) is 5.56 Å². The lowest BCUT2D eigenvalue weighted by Crippen LogP contribution is -2.42. The van der Waals surface area contributed by atoms with Crippen LogP contribution >= 0.6 is 11.6 Å². The highest BCUT2D eigenvalue weighted by atomic mass is 35.5. The smallest absolute Gasteiger partial charge is 0.322 e. The van der Waals surface area contributed by atoms with Crippen LogP contribution in [0.3, 0.4) is 0 Å². The second-order valence-electron chi connectivity index (χ2n) is 6.79. The van der Waals surface area contributed by atoms with Gasteiger partial charge in [0, 0.05) is 11.2 Å². The van der Waals surface area contributed by atoms with Crippen molar-refractivity contribution in [3.63, 3.8) is 0 Å². The number of rotatable bonds is 5. The number of carbonyl (C=O) groups is 1. The molecular weight excluding hydrogens is 423 g/mol. The van der Waals surface area contributed by atoms with Crippen molar-refractivity contribution >= 4 is 34.2 Å². The first-order valence-corrected chi connectivity index (χ1v) is 9.69. The summed E-state index contributed by atoms with van der Waals surface area (Å²) >= 11 is 5.73. The Balaban J connectivity index is 1.75. The van der Waals surface area contributed by atoms with Crippen LogP contribution in [0.15, 0.2) is 76.4 Å². The molecule has 0 saturated heterocycles. The number of carbonyl (C=O) groups excluding carboxylic acids is 1. The molecule has 0 aliphatic heterocycles. The lowest BCUT2D eigenvalue weighted by Gasteiger charge is -2.14. The van der Waals surface area contributed by atoms with Gasteiger partial charge in [-0.3, -0.25) is 18.7 Å². The summed E-state index contributed by atoms with van der Waals surface area (Å²) in [6.45, 7) is -0.416. The maximum atomic E-state index is 14.0. The highest BCUT2D eigenvalue weighted by Crippen LogP contribution is 2.19. The summed E-state index contributed by atoms with van der Waals surface area (Å²) in [6, 6.07) is 16.0. The van der Waals surface area contributed by atoms with Crippen LogP contribution in [0.1, 0.15) is 5.56 Å². The van der Waals surface area contributed by atoms with Crippen molar-refractivity contribution < 1.29 is 9.18 Å². The first-order chi connectivity index (χ1) is 14.9.